The van der Waals surface area contributed by atoms with Crippen LogP contribution in [0.5, 0.6) is 0 Å². The monoisotopic (exact) mass is 324 g/mol. The van der Waals surface area contributed by atoms with E-state index in [2.05, 4.69) is 11.6 Å². The van der Waals surface area contributed by atoms with Gasteiger partial charge in [0.1, 0.15) is 0 Å². The SMILES string of the molecule is CCCCCNS(=O)(=O)c1ccc2c(c1)CCCN2C(C)=O. The van der Waals surface area contributed by atoms with Crippen LogP contribution in [0.2, 0.25) is 0 Å². The first-order valence-electron chi connectivity index (χ1n) is 7.86. The highest BCUT2D eigenvalue weighted by molar-refractivity contribution is 7.89. The fraction of sp³-hybridized carbons (Fsp3) is 0.562. The molecule has 0 aliphatic carbocycles. The van der Waals surface area contributed by atoms with Gasteiger partial charge in [0.25, 0.3) is 0 Å². The van der Waals surface area contributed by atoms with Crippen LogP contribution in [0.3, 0.4) is 0 Å². The molecule has 1 heterocycles. The summed E-state index contributed by atoms with van der Waals surface area (Å²) < 4.78 is 27.3. The molecule has 1 amide bonds. The molecule has 1 aromatic rings. The maximum absolute atomic E-state index is 12.3. The number of rotatable bonds is 6. The molecule has 122 valence electrons. The first-order chi connectivity index (χ1) is 10.5. The van der Waals surface area contributed by atoms with Gasteiger partial charge in [0, 0.05) is 25.7 Å². The molecule has 0 aromatic heterocycles. The van der Waals surface area contributed by atoms with Crippen LogP contribution in [-0.2, 0) is 21.2 Å². The molecule has 22 heavy (non-hydrogen) atoms. The topological polar surface area (TPSA) is 66.5 Å². The Hall–Kier alpha value is -1.40. The second kappa shape index (κ2) is 7.24. The predicted molar refractivity (Wildman–Crippen MR) is 87.5 cm³/mol. The number of amides is 1. The smallest absolute Gasteiger partial charge is 0.240 e. The summed E-state index contributed by atoms with van der Waals surface area (Å²) in [5, 5.41) is 0. The Kier molecular flexibility index (Phi) is 5.58. The van der Waals surface area contributed by atoms with Crippen molar-refractivity contribution in [2.75, 3.05) is 18.0 Å². The molecule has 1 aliphatic heterocycles. The number of anilines is 1. The molecule has 5 nitrogen and oxygen atoms in total. The summed E-state index contributed by atoms with van der Waals surface area (Å²) in [5.74, 6) is -0.00533. The Morgan fingerprint density at radius 2 is 2.09 bits per heavy atom. The van der Waals surface area contributed by atoms with Crippen molar-refractivity contribution in [3.63, 3.8) is 0 Å². The number of hydrogen-bond donors (Lipinski definition) is 1. The third kappa shape index (κ3) is 3.87. The zero-order chi connectivity index (χ0) is 16.2. The largest absolute Gasteiger partial charge is 0.312 e. The zero-order valence-corrected chi connectivity index (χ0v) is 14.1. The number of fused-ring (bicyclic) bond motifs is 1. The van der Waals surface area contributed by atoms with E-state index in [0.29, 0.717) is 13.1 Å². The van der Waals surface area contributed by atoms with Crippen LogP contribution in [0, 0.1) is 0 Å². The molecule has 0 spiro atoms. The molecule has 1 N–H and O–H groups in total. The summed E-state index contributed by atoms with van der Waals surface area (Å²) in [5.41, 5.74) is 1.77. The predicted octanol–water partition coefficient (Wildman–Crippen LogP) is 2.45. The Bertz CT molecular complexity index is 641. The molecule has 1 aliphatic rings. The van der Waals surface area contributed by atoms with Crippen LogP contribution in [0.15, 0.2) is 23.1 Å². The molecule has 0 atom stereocenters. The molecule has 0 bridgehead atoms. The van der Waals surface area contributed by atoms with Gasteiger partial charge in [-0.3, -0.25) is 4.79 Å². The van der Waals surface area contributed by atoms with Crippen LogP contribution in [-0.4, -0.2) is 27.4 Å². The number of unbranched alkanes of at least 4 members (excludes halogenated alkanes) is 2. The van der Waals surface area contributed by atoms with Gasteiger partial charge in [-0.15, -0.1) is 0 Å². The van der Waals surface area contributed by atoms with Gasteiger partial charge in [-0.2, -0.15) is 0 Å². The third-order valence-electron chi connectivity index (χ3n) is 3.93. The Balaban J connectivity index is 2.18. The number of aryl methyl sites for hydroxylation is 1. The molecule has 0 unspecified atom stereocenters. The minimum atomic E-state index is -3.47. The second-order valence-electron chi connectivity index (χ2n) is 5.67. The lowest BCUT2D eigenvalue weighted by atomic mass is 10.0. The molecule has 2 rings (SSSR count). The van der Waals surface area contributed by atoms with Crippen molar-refractivity contribution in [2.24, 2.45) is 0 Å². The normalized spacial score (nSPS) is 14.7. The molecule has 0 saturated carbocycles. The summed E-state index contributed by atoms with van der Waals surface area (Å²) in [4.78, 5) is 13.6. The number of benzene rings is 1. The highest BCUT2D eigenvalue weighted by Gasteiger charge is 2.22. The number of hydrogen-bond acceptors (Lipinski definition) is 3. The maximum atomic E-state index is 12.3. The van der Waals surface area contributed by atoms with Gasteiger partial charge in [0.05, 0.1) is 4.90 Å². The first kappa shape index (κ1) is 17.0. The van der Waals surface area contributed by atoms with Crippen molar-refractivity contribution >= 4 is 21.6 Å². The fourth-order valence-corrected chi connectivity index (χ4v) is 3.86. The van der Waals surface area contributed by atoms with Gasteiger partial charge in [-0.05, 0) is 43.0 Å². The maximum Gasteiger partial charge on any atom is 0.240 e. The van der Waals surface area contributed by atoms with E-state index < -0.39 is 10.0 Å². The zero-order valence-electron chi connectivity index (χ0n) is 13.3. The number of nitrogens with one attached hydrogen (secondary N) is 1. The van der Waals surface area contributed by atoms with Crippen molar-refractivity contribution in [2.45, 2.75) is 50.8 Å². The molecular formula is C16H24N2O3S. The summed E-state index contributed by atoms with van der Waals surface area (Å²) in [6, 6.07) is 5.03. The Morgan fingerprint density at radius 1 is 1.32 bits per heavy atom. The lowest BCUT2D eigenvalue weighted by Crippen LogP contribution is -2.33. The molecule has 6 heteroatoms. The van der Waals surface area contributed by atoms with Crippen LogP contribution < -0.4 is 9.62 Å². The second-order valence-corrected chi connectivity index (χ2v) is 7.44. The average Bonchev–Trinajstić information content (AvgIpc) is 2.50. The van der Waals surface area contributed by atoms with Crippen molar-refractivity contribution in [3.8, 4) is 0 Å². The van der Waals surface area contributed by atoms with Crippen molar-refractivity contribution < 1.29 is 13.2 Å². The average molecular weight is 324 g/mol. The van der Waals surface area contributed by atoms with Gasteiger partial charge >= 0.3 is 0 Å². The molecular weight excluding hydrogens is 300 g/mol. The van der Waals surface area contributed by atoms with E-state index in [9.17, 15) is 13.2 Å². The van der Waals surface area contributed by atoms with Crippen molar-refractivity contribution in [1.82, 2.24) is 4.72 Å². The van der Waals surface area contributed by atoms with E-state index >= 15 is 0 Å². The van der Waals surface area contributed by atoms with E-state index in [0.717, 1.165) is 43.4 Å². The van der Waals surface area contributed by atoms with Crippen molar-refractivity contribution in [3.05, 3.63) is 23.8 Å². The number of nitrogens with zero attached hydrogens (tertiary/aromatic N) is 1. The molecule has 1 aromatic carbocycles. The summed E-state index contributed by atoms with van der Waals surface area (Å²) in [6.45, 7) is 4.78. The standard InChI is InChI=1S/C16H24N2O3S/c1-3-4-5-10-17-22(20,21)15-8-9-16-14(12-15)7-6-11-18(16)13(2)19/h8-9,12,17H,3-7,10-11H2,1-2H3. The highest BCUT2D eigenvalue weighted by atomic mass is 32.2. The number of carbonyl (C=O) groups excluding carboxylic acids is 1. The molecule has 0 fully saturated rings. The molecule has 0 saturated heterocycles. The van der Waals surface area contributed by atoms with Crippen LogP contribution >= 0.6 is 0 Å². The van der Waals surface area contributed by atoms with E-state index in [1.807, 2.05) is 0 Å². The fourth-order valence-electron chi connectivity index (χ4n) is 2.73. The van der Waals surface area contributed by atoms with E-state index in [1.165, 1.54) is 6.92 Å². The van der Waals surface area contributed by atoms with E-state index in [4.69, 9.17) is 0 Å². The minimum Gasteiger partial charge on any atom is -0.312 e. The van der Waals surface area contributed by atoms with Crippen LogP contribution in [0.4, 0.5) is 5.69 Å². The lowest BCUT2D eigenvalue weighted by molar-refractivity contribution is -0.116. The third-order valence-corrected chi connectivity index (χ3v) is 5.39. The van der Waals surface area contributed by atoms with Gasteiger partial charge < -0.3 is 4.90 Å². The van der Waals surface area contributed by atoms with Gasteiger partial charge in [-0.1, -0.05) is 19.8 Å². The number of sulfonamides is 1. The number of carbonyl (C=O) groups is 1. The quantitative estimate of drug-likeness (QED) is 0.817. The lowest BCUT2D eigenvalue weighted by Gasteiger charge is -2.28. The molecule has 0 radical (unpaired) electrons. The minimum absolute atomic E-state index is 0.00533. The van der Waals surface area contributed by atoms with Crippen LogP contribution in [0.1, 0.15) is 45.1 Å². The Labute approximate surface area is 132 Å². The van der Waals surface area contributed by atoms with E-state index in [-0.39, 0.29) is 10.8 Å². The summed E-state index contributed by atoms with van der Waals surface area (Å²) in [7, 11) is -3.47. The summed E-state index contributed by atoms with van der Waals surface area (Å²) >= 11 is 0. The summed E-state index contributed by atoms with van der Waals surface area (Å²) in [6.07, 6.45) is 4.58. The Morgan fingerprint density at radius 3 is 2.77 bits per heavy atom. The van der Waals surface area contributed by atoms with Gasteiger partial charge in [-0.25, -0.2) is 13.1 Å². The van der Waals surface area contributed by atoms with Gasteiger partial charge in [0.2, 0.25) is 15.9 Å². The van der Waals surface area contributed by atoms with Crippen LogP contribution in [0.25, 0.3) is 0 Å². The first-order valence-corrected chi connectivity index (χ1v) is 9.34. The van der Waals surface area contributed by atoms with Crippen molar-refractivity contribution in [1.29, 1.82) is 0 Å². The highest BCUT2D eigenvalue weighted by Crippen LogP contribution is 2.29. The van der Waals surface area contributed by atoms with Gasteiger partial charge in [0.15, 0.2) is 0 Å². The van der Waals surface area contributed by atoms with E-state index in [1.54, 1.807) is 23.1 Å².